The van der Waals surface area contributed by atoms with Gasteiger partial charge in [0, 0.05) is 18.8 Å². The molecule has 0 amide bonds. The van der Waals surface area contributed by atoms with Crippen molar-refractivity contribution < 1.29 is 18.7 Å². The van der Waals surface area contributed by atoms with Crippen LogP contribution in [-0.4, -0.2) is 37.2 Å². The fourth-order valence-electron chi connectivity index (χ4n) is 2.99. The zero-order chi connectivity index (χ0) is 15.7. The normalized spacial score (nSPS) is 19.6. The number of alkyl halides is 2. The lowest BCUT2D eigenvalue weighted by molar-refractivity contribution is -0.149. The standard InChI is InChI=1S/C13H20F2N4O2/c1-3-12(4-2,11(20)21)19-10(16-17-18-19)9-5-7-13(14,15)8-6-9/h9H,3-8H2,1-2H3,(H,20,21). The molecule has 0 aliphatic heterocycles. The topological polar surface area (TPSA) is 80.9 Å². The lowest BCUT2D eigenvalue weighted by atomic mass is 9.85. The van der Waals surface area contributed by atoms with Gasteiger partial charge in [-0.2, -0.15) is 0 Å². The summed E-state index contributed by atoms with van der Waals surface area (Å²) in [6, 6.07) is 0. The Morgan fingerprint density at radius 2 is 1.95 bits per heavy atom. The Morgan fingerprint density at radius 3 is 2.43 bits per heavy atom. The highest BCUT2D eigenvalue weighted by Crippen LogP contribution is 2.41. The molecule has 118 valence electrons. The van der Waals surface area contributed by atoms with Gasteiger partial charge in [-0.3, -0.25) is 0 Å². The van der Waals surface area contributed by atoms with Gasteiger partial charge in [-0.25, -0.2) is 18.3 Å². The average molecular weight is 302 g/mol. The van der Waals surface area contributed by atoms with Gasteiger partial charge in [-0.05, 0) is 36.1 Å². The molecule has 1 fully saturated rings. The van der Waals surface area contributed by atoms with Crippen LogP contribution in [0.15, 0.2) is 0 Å². The Balaban J connectivity index is 2.32. The molecule has 0 radical (unpaired) electrons. The second kappa shape index (κ2) is 5.65. The second-order valence-corrected chi connectivity index (χ2v) is 5.62. The molecule has 1 heterocycles. The van der Waals surface area contributed by atoms with Crippen LogP contribution in [0, 0.1) is 0 Å². The smallest absolute Gasteiger partial charge is 0.331 e. The third-order valence-corrected chi connectivity index (χ3v) is 4.55. The number of tetrazole rings is 1. The van der Waals surface area contributed by atoms with Gasteiger partial charge in [0.2, 0.25) is 5.92 Å². The van der Waals surface area contributed by atoms with Gasteiger partial charge in [-0.1, -0.05) is 13.8 Å². The molecular weight excluding hydrogens is 282 g/mol. The number of carboxylic acids is 1. The first-order valence-corrected chi connectivity index (χ1v) is 7.26. The molecule has 1 N–H and O–H groups in total. The molecule has 21 heavy (non-hydrogen) atoms. The fourth-order valence-corrected chi connectivity index (χ4v) is 2.99. The summed E-state index contributed by atoms with van der Waals surface area (Å²) < 4.78 is 27.9. The first kappa shape index (κ1) is 15.8. The van der Waals surface area contributed by atoms with Crippen molar-refractivity contribution in [3.05, 3.63) is 5.82 Å². The molecule has 1 saturated carbocycles. The van der Waals surface area contributed by atoms with Crippen LogP contribution in [0.2, 0.25) is 0 Å². The number of rotatable bonds is 5. The Kier molecular flexibility index (Phi) is 4.25. The van der Waals surface area contributed by atoms with Crippen LogP contribution in [0.25, 0.3) is 0 Å². The highest BCUT2D eigenvalue weighted by Gasteiger charge is 2.43. The first-order chi connectivity index (χ1) is 9.86. The summed E-state index contributed by atoms with van der Waals surface area (Å²) in [5, 5.41) is 20.9. The number of aromatic nitrogens is 4. The van der Waals surface area contributed by atoms with E-state index in [1.807, 2.05) is 0 Å². The Hall–Kier alpha value is -1.60. The van der Waals surface area contributed by atoms with E-state index in [2.05, 4.69) is 15.5 Å². The van der Waals surface area contributed by atoms with Gasteiger partial charge in [0.05, 0.1) is 0 Å². The van der Waals surface area contributed by atoms with E-state index in [9.17, 15) is 18.7 Å². The molecule has 8 heteroatoms. The van der Waals surface area contributed by atoms with Crippen LogP contribution in [0.5, 0.6) is 0 Å². The zero-order valence-electron chi connectivity index (χ0n) is 12.2. The van der Waals surface area contributed by atoms with Gasteiger partial charge < -0.3 is 5.11 Å². The summed E-state index contributed by atoms with van der Waals surface area (Å²) in [6.07, 6.45) is 0.804. The number of aliphatic carboxylic acids is 1. The van der Waals surface area contributed by atoms with Crippen molar-refractivity contribution in [2.24, 2.45) is 0 Å². The first-order valence-electron chi connectivity index (χ1n) is 7.26. The van der Waals surface area contributed by atoms with Crippen molar-refractivity contribution in [2.75, 3.05) is 0 Å². The van der Waals surface area contributed by atoms with Crippen LogP contribution in [0.3, 0.4) is 0 Å². The Bertz CT molecular complexity index is 504. The van der Waals surface area contributed by atoms with Crippen LogP contribution < -0.4 is 0 Å². The van der Waals surface area contributed by atoms with E-state index in [1.54, 1.807) is 13.8 Å². The molecule has 0 bridgehead atoms. The number of hydrogen-bond acceptors (Lipinski definition) is 4. The molecule has 1 aliphatic carbocycles. The number of halogens is 2. The number of carboxylic acid groups (broad SMARTS) is 1. The molecule has 1 aliphatic rings. The average Bonchev–Trinajstić information content (AvgIpc) is 2.90. The molecule has 0 saturated heterocycles. The van der Waals surface area contributed by atoms with Crippen LogP contribution >= 0.6 is 0 Å². The summed E-state index contributed by atoms with van der Waals surface area (Å²) in [5.74, 6) is -3.43. The van der Waals surface area contributed by atoms with Gasteiger partial charge in [0.15, 0.2) is 11.4 Å². The molecule has 1 aromatic rings. The summed E-state index contributed by atoms with van der Waals surface area (Å²) in [4.78, 5) is 11.7. The van der Waals surface area contributed by atoms with Crippen LogP contribution in [0.4, 0.5) is 8.78 Å². The second-order valence-electron chi connectivity index (χ2n) is 5.62. The quantitative estimate of drug-likeness (QED) is 0.904. The summed E-state index contributed by atoms with van der Waals surface area (Å²) in [7, 11) is 0. The third-order valence-electron chi connectivity index (χ3n) is 4.55. The van der Waals surface area contributed by atoms with Crippen LogP contribution in [0.1, 0.15) is 64.1 Å². The van der Waals surface area contributed by atoms with E-state index >= 15 is 0 Å². The minimum Gasteiger partial charge on any atom is -0.479 e. The Labute approximate surface area is 121 Å². The van der Waals surface area contributed by atoms with E-state index in [0.29, 0.717) is 18.7 Å². The largest absolute Gasteiger partial charge is 0.479 e. The van der Waals surface area contributed by atoms with Crippen LogP contribution in [-0.2, 0) is 10.3 Å². The predicted octanol–water partition coefficient (Wildman–Crippen LogP) is 2.57. The molecule has 2 rings (SSSR count). The number of carbonyl (C=O) groups is 1. The lowest BCUT2D eigenvalue weighted by Crippen LogP contribution is -2.43. The summed E-state index contributed by atoms with van der Waals surface area (Å²) in [6.45, 7) is 3.52. The molecule has 0 atom stereocenters. The van der Waals surface area contributed by atoms with E-state index in [1.165, 1.54) is 4.68 Å². The van der Waals surface area contributed by atoms with E-state index in [4.69, 9.17) is 0 Å². The SMILES string of the molecule is CCC(CC)(C(=O)O)n1nnnc1C1CCC(F)(F)CC1. The van der Waals surface area contributed by atoms with Gasteiger partial charge >= 0.3 is 5.97 Å². The summed E-state index contributed by atoms with van der Waals surface area (Å²) in [5.41, 5.74) is -1.21. The molecule has 1 aromatic heterocycles. The minimum atomic E-state index is -2.63. The maximum Gasteiger partial charge on any atom is 0.331 e. The zero-order valence-corrected chi connectivity index (χ0v) is 12.2. The van der Waals surface area contributed by atoms with Crippen molar-refractivity contribution >= 4 is 5.97 Å². The molecule has 0 spiro atoms. The fraction of sp³-hybridized carbons (Fsp3) is 0.846. The number of hydrogen-bond donors (Lipinski definition) is 1. The van der Waals surface area contributed by atoms with Gasteiger partial charge in [0.1, 0.15) is 0 Å². The monoisotopic (exact) mass is 302 g/mol. The van der Waals surface area contributed by atoms with Gasteiger partial charge in [-0.15, -0.1) is 5.10 Å². The molecular formula is C13H20F2N4O2. The predicted molar refractivity (Wildman–Crippen MR) is 70.2 cm³/mol. The maximum absolute atomic E-state index is 13.3. The highest BCUT2D eigenvalue weighted by atomic mass is 19.3. The maximum atomic E-state index is 13.3. The lowest BCUT2D eigenvalue weighted by Gasteiger charge is -2.32. The molecule has 0 unspecified atom stereocenters. The number of nitrogens with zero attached hydrogens (tertiary/aromatic N) is 4. The minimum absolute atomic E-state index is 0.206. The van der Waals surface area contributed by atoms with Crippen molar-refractivity contribution in [2.45, 2.75) is 69.8 Å². The highest BCUT2D eigenvalue weighted by molar-refractivity contribution is 5.76. The van der Waals surface area contributed by atoms with Crippen molar-refractivity contribution in [1.82, 2.24) is 20.2 Å². The molecule has 6 nitrogen and oxygen atoms in total. The van der Waals surface area contributed by atoms with E-state index < -0.39 is 17.4 Å². The Morgan fingerprint density at radius 1 is 1.38 bits per heavy atom. The van der Waals surface area contributed by atoms with Crippen molar-refractivity contribution in [1.29, 1.82) is 0 Å². The van der Waals surface area contributed by atoms with Gasteiger partial charge in [0.25, 0.3) is 0 Å². The van der Waals surface area contributed by atoms with Crippen molar-refractivity contribution in [3.63, 3.8) is 0 Å². The third kappa shape index (κ3) is 2.75. The van der Waals surface area contributed by atoms with E-state index in [-0.39, 0.29) is 31.6 Å². The summed E-state index contributed by atoms with van der Waals surface area (Å²) >= 11 is 0. The molecule has 0 aromatic carbocycles. The van der Waals surface area contributed by atoms with E-state index in [0.717, 1.165) is 0 Å². The van der Waals surface area contributed by atoms with Crippen molar-refractivity contribution in [3.8, 4) is 0 Å².